The molecule has 0 radical (unpaired) electrons. The third-order valence-electron chi connectivity index (χ3n) is 9.03. The van der Waals surface area contributed by atoms with Gasteiger partial charge in [-0.1, -0.05) is 131 Å². The largest absolute Gasteiger partial charge is 0.273 e. The quantitative estimate of drug-likeness (QED) is 0.155. The summed E-state index contributed by atoms with van der Waals surface area (Å²) in [6.07, 6.45) is 10.9. The molecule has 0 fully saturated rings. The molecule has 0 spiro atoms. The molecule has 0 amide bonds. The summed E-state index contributed by atoms with van der Waals surface area (Å²) in [6.45, 7) is 13.9. The van der Waals surface area contributed by atoms with Crippen LogP contribution < -0.4 is 0 Å². The van der Waals surface area contributed by atoms with E-state index in [0.717, 1.165) is 17.9 Å². The van der Waals surface area contributed by atoms with Crippen LogP contribution >= 0.6 is 36.4 Å². The zero-order valence-electron chi connectivity index (χ0n) is 32.6. The molecule has 6 aromatic rings. The van der Waals surface area contributed by atoms with Crippen molar-refractivity contribution in [2.24, 2.45) is 0 Å². The topological polar surface area (TPSA) is 0 Å². The van der Waals surface area contributed by atoms with E-state index >= 15 is 0 Å². The molecule has 0 bridgehead atoms. The minimum atomic E-state index is 0. The first kappa shape index (κ1) is 45.8. The molecular formula is C51H50Cl3Zr-3. The standard InChI is InChI=1S/C33H33.C7H5Cl.C6H5.C5H5.2ClH.Zr/c1-32(2,3)30-20-26-24(18-28(30)22-13-9-7-10-14-22)17-25-19-29(23-15-11-8-12-16-23)31(21-27(25)26)33(4,5)6;1-6-3-2-4-7(8)5-6;1-2-4-6-5-3-1;1-2-4-5-3-1;;;/h7-16,18,20-21H,17H2,1-6H3;1-5H;1-5H;1-3H,4H2;2*1H;/q-1;;2*-1;;;. The van der Waals surface area contributed by atoms with Crippen LogP contribution in [0.5, 0.6) is 0 Å². The van der Waals surface area contributed by atoms with Crippen LogP contribution in [-0.2, 0) is 41.5 Å². The summed E-state index contributed by atoms with van der Waals surface area (Å²) in [5, 5.41) is 0.811. The van der Waals surface area contributed by atoms with Gasteiger partial charge in [0.2, 0.25) is 0 Å². The Morgan fingerprint density at radius 1 is 0.636 bits per heavy atom. The van der Waals surface area contributed by atoms with Crippen LogP contribution in [0.1, 0.15) is 75.8 Å². The monoisotopic (exact) mass is 857 g/mol. The minimum Gasteiger partial charge on any atom is -0.273 e. The summed E-state index contributed by atoms with van der Waals surface area (Å²) >= 11 is 7.12. The first-order chi connectivity index (χ1) is 25.5. The van der Waals surface area contributed by atoms with Crippen molar-refractivity contribution in [3.05, 3.63) is 203 Å². The first-order valence-electron chi connectivity index (χ1n) is 18.2. The van der Waals surface area contributed by atoms with E-state index in [1.807, 2.05) is 66.7 Å². The normalized spacial score (nSPS) is 11.7. The molecule has 0 aliphatic heterocycles. The SMILES string of the molecule is CC(C)(C)c1cc2c([c-]c1-c1ccccc1)Cc1cc(-c3ccccc3)c(C(C)(C)C)cc1-2.Cl.Cl.Clc1cccc([CH]=[Zr])c1.[C-]1=CC=CC1.[c-]1ccccc1. The van der Waals surface area contributed by atoms with E-state index in [0.29, 0.717) is 0 Å². The molecule has 0 heterocycles. The fourth-order valence-corrected chi connectivity index (χ4v) is 7.02. The Kier molecular flexibility index (Phi) is 18.0. The molecule has 0 saturated heterocycles. The Bertz CT molecular complexity index is 2010. The van der Waals surface area contributed by atoms with Crippen molar-refractivity contribution in [1.29, 1.82) is 0 Å². The van der Waals surface area contributed by atoms with Crippen LogP contribution in [0.3, 0.4) is 0 Å². The number of hydrogen-bond donors (Lipinski definition) is 0. The molecule has 0 N–H and O–H groups in total. The second-order valence-corrected chi connectivity index (χ2v) is 16.3. The maximum absolute atomic E-state index is 5.71. The van der Waals surface area contributed by atoms with Gasteiger partial charge in [-0.3, -0.25) is 6.08 Å². The average molecular weight is 861 g/mol. The van der Waals surface area contributed by atoms with Gasteiger partial charge in [-0.2, -0.15) is 42.5 Å². The summed E-state index contributed by atoms with van der Waals surface area (Å²) in [6, 6.07) is 53.2. The van der Waals surface area contributed by atoms with E-state index < -0.39 is 0 Å². The van der Waals surface area contributed by atoms with E-state index in [1.165, 1.54) is 85.4 Å². The van der Waals surface area contributed by atoms with Gasteiger partial charge in [0, 0.05) is 0 Å². The zero-order valence-corrected chi connectivity index (χ0v) is 37.5. The summed E-state index contributed by atoms with van der Waals surface area (Å²) in [5.74, 6) is 0. The van der Waals surface area contributed by atoms with E-state index in [1.54, 1.807) is 0 Å². The summed E-state index contributed by atoms with van der Waals surface area (Å²) in [7, 11) is 0. The molecule has 6 aromatic carbocycles. The number of allylic oxidation sites excluding steroid dienone is 4. The van der Waals surface area contributed by atoms with Crippen LogP contribution in [0.2, 0.25) is 5.02 Å². The fraction of sp³-hybridized carbons (Fsp3) is 0.196. The number of benzene rings is 6. The Morgan fingerprint density at radius 3 is 1.69 bits per heavy atom. The molecule has 55 heavy (non-hydrogen) atoms. The van der Waals surface area contributed by atoms with Crippen LogP contribution in [0.25, 0.3) is 33.4 Å². The van der Waals surface area contributed by atoms with Gasteiger partial charge in [-0.25, -0.2) is 12.2 Å². The van der Waals surface area contributed by atoms with Crippen LogP contribution in [-0.4, -0.2) is 3.71 Å². The molecule has 2 aliphatic rings. The summed E-state index contributed by atoms with van der Waals surface area (Å²) in [4.78, 5) is 0. The predicted molar refractivity (Wildman–Crippen MR) is 240 cm³/mol. The molecule has 0 nitrogen and oxygen atoms in total. The van der Waals surface area contributed by atoms with E-state index in [9.17, 15) is 0 Å². The molecule has 0 atom stereocenters. The van der Waals surface area contributed by atoms with Crippen molar-refractivity contribution in [3.8, 4) is 33.4 Å². The van der Waals surface area contributed by atoms with Crippen molar-refractivity contribution in [3.63, 3.8) is 0 Å². The number of rotatable bonds is 3. The Morgan fingerprint density at radius 2 is 1.24 bits per heavy atom. The van der Waals surface area contributed by atoms with Gasteiger partial charge in [0.05, 0.1) is 0 Å². The third-order valence-corrected chi connectivity index (χ3v) is 10.1. The van der Waals surface area contributed by atoms with E-state index in [4.69, 9.17) is 11.6 Å². The van der Waals surface area contributed by atoms with Crippen LogP contribution in [0.15, 0.2) is 152 Å². The fourth-order valence-electron chi connectivity index (χ4n) is 6.38. The van der Waals surface area contributed by atoms with Crippen molar-refractivity contribution < 1.29 is 24.2 Å². The second-order valence-electron chi connectivity index (χ2n) is 15.2. The Balaban J connectivity index is 0.000000299. The average Bonchev–Trinajstić information content (AvgIpc) is 3.87. The van der Waals surface area contributed by atoms with Crippen LogP contribution in [0.4, 0.5) is 0 Å². The number of halogens is 3. The second kappa shape index (κ2) is 21.7. The third kappa shape index (κ3) is 13.0. The molecule has 4 heteroatoms. The van der Waals surface area contributed by atoms with Crippen molar-refractivity contribution >= 4 is 40.1 Å². The van der Waals surface area contributed by atoms with Gasteiger partial charge in [0.1, 0.15) is 0 Å². The molecular weight excluding hydrogens is 810 g/mol. The van der Waals surface area contributed by atoms with Gasteiger partial charge in [-0.05, 0) is 39.5 Å². The van der Waals surface area contributed by atoms with Gasteiger partial charge in [0.25, 0.3) is 0 Å². The Hall–Kier alpha value is -3.58. The smallest absolute Gasteiger partial charge is 0.109 e. The first-order valence-corrected chi connectivity index (χ1v) is 20.0. The molecule has 2 aliphatic carbocycles. The molecule has 0 unspecified atom stereocenters. The van der Waals surface area contributed by atoms with Crippen molar-refractivity contribution in [1.82, 2.24) is 0 Å². The van der Waals surface area contributed by atoms with Crippen LogP contribution in [0, 0.1) is 18.2 Å². The van der Waals surface area contributed by atoms with Crippen molar-refractivity contribution in [2.75, 3.05) is 0 Å². The number of hydrogen-bond acceptors (Lipinski definition) is 0. The number of fused-ring (bicyclic) bond motifs is 3. The van der Waals surface area contributed by atoms with Crippen molar-refractivity contribution in [2.45, 2.75) is 65.2 Å². The van der Waals surface area contributed by atoms with Gasteiger partial charge in [-0.15, -0.1) is 60.1 Å². The summed E-state index contributed by atoms with van der Waals surface area (Å²) < 4.78 is 2.11. The van der Waals surface area contributed by atoms with Gasteiger partial charge < -0.3 is 0 Å². The molecule has 0 aromatic heterocycles. The predicted octanol–water partition coefficient (Wildman–Crippen LogP) is 14.7. The van der Waals surface area contributed by atoms with Gasteiger partial charge >= 0.3 is 74.4 Å². The maximum atomic E-state index is 5.71. The van der Waals surface area contributed by atoms with Gasteiger partial charge in [0.15, 0.2) is 0 Å². The van der Waals surface area contributed by atoms with E-state index in [2.05, 4.69) is 148 Å². The molecule has 8 rings (SSSR count). The molecule has 0 saturated carbocycles. The maximum Gasteiger partial charge on any atom is -0.109 e. The zero-order chi connectivity index (χ0) is 37.8. The van der Waals surface area contributed by atoms with E-state index in [-0.39, 0.29) is 35.6 Å². The molecule has 282 valence electrons. The Labute approximate surface area is 362 Å². The summed E-state index contributed by atoms with van der Waals surface area (Å²) in [5.41, 5.74) is 14.7. The minimum absolute atomic E-state index is 0.